The van der Waals surface area contributed by atoms with Gasteiger partial charge in [0.1, 0.15) is 11.8 Å². The van der Waals surface area contributed by atoms with Crippen LogP contribution < -0.4 is 5.32 Å². The Morgan fingerprint density at radius 2 is 1.38 bits per heavy atom. The molecule has 5 nitrogen and oxygen atoms in total. The van der Waals surface area contributed by atoms with Gasteiger partial charge >= 0.3 is 0 Å². The molecule has 0 bridgehead atoms. The number of rotatable bonds is 6. The Hall–Kier alpha value is -3.60. The van der Waals surface area contributed by atoms with Gasteiger partial charge in [-0.05, 0) is 28.8 Å². The summed E-state index contributed by atoms with van der Waals surface area (Å²) in [5.74, 6) is -0.176. The maximum atomic E-state index is 13.4. The quantitative estimate of drug-likeness (QED) is 0.637. The van der Waals surface area contributed by atoms with E-state index in [9.17, 15) is 14.7 Å². The average molecular weight is 386 g/mol. The van der Waals surface area contributed by atoms with Gasteiger partial charge < -0.3 is 15.3 Å². The van der Waals surface area contributed by atoms with Crippen molar-refractivity contribution in [3.05, 3.63) is 102 Å². The van der Waals surface area contributed by atoms with Crippen LogP contribution in [0.4, 0.5) is 0 Å². The molecule has 1 heterocycles. The van der Waals surface area contributed by atoms with E-state index in [4.69, 9.17) is 0 Å². The Kier molecular flexibility index (Phi) is 5.29. The third-order valence-corrected chi connectivity index (χ3v) is 5.21. The second-order valence-corrected chi connectivity index (χ2v) is 7.09. The van der Waals surface area contributed by atoms with E-state index in [-0.39, 0.29) is 23.6 Å². The van der Waals surface area contributed by atoms with Crippen molar-refractivity contribution in [3.8, 4) is 5.75 Å². The van der Waals surface area contributed by atoms with Gasteiger partial charge in [-0.25, -0.2) is 0 Å². The van der Waals surface area contributed by atoms with Crippen molar-refractivity contribution < 1.29 is 14.7 Å². The highest BCUT2D eigenvalue weighted by atomic mass is 16.3. The first-order valence-electron chi connectivity index (χ1n) is 9.62. The molecule has 0 aromatic heterocycles. The van der Waals surface area contributed by atoms with E-state index < -0.39 is 6.04 Å². The molecule has 0 unspecified atom stereocenters. The zero-order valence-corrected chi connectivity index (χ0v) is 15.9. The molecule has 1 saturated heterocycles. The number of nitrogens with one attached hydrogen (secondary N) is 1. The molecule has 2 amide bonds. The van der Waals surface area contributed by atoms with Gasteiger partial charge in [-0.2, -0.15) is 0 Å². The second kappa shape index (κ2) is 8.19. The highest BCUT2D eigenvalue weighted by Gasteiger charge is 2.37. The fraction of sp³-hybridized carbons (Fsp3) is 0.167. The predicted molar refractivity (Wildman–Crippen MR) is 110 cm³/mol. The Labute approximate surface area is 169 Å². The van der Waals surface area contributed by atoms with Crippen molar-refractivity contribution in [2.24, 2.45) is 0 Å². The van der Waals surface area contributed by atoms with E-state index in [1.165, 1.54) is 12.1 Å². The summed E-state index contributed by atoms with van der Waals surface area (Å²) >= 11 is 0. The minimum Gasteiger partial charge on any atom is -0.508 e. The molecule has 0 saturated carbocycles. The summed E-state index contributed by atoms with van der Waals surface area (Å²) in [6, 6.07) is 24.9. The van der Waals surface area contributed by atoms with Crippen molar-refractivity contribution in [1.82, 2.24) is 10.2 Å². The SMILES string of the molecule is O=C(NC(c1ccccc1)c1ccccc1)[C@@H](c1ccc(O)cc1)N1CCC1=O. The molecular formula is C24H22N2O3. The highest BCUT2D eigenvalue weighted by molar-refractivity contribution is 5.91. The van der Waals surface area contributed by atoms with Crippen molar-refractivity contribution >= 4 is 11.8 Å². The third kappa shape index (κ3) is 3.99. The molecule has 3 aromatic rings. The lowest BCUT2D eigenvalue weighted by Gasteiger charge is -2.38. The molecule has 29 heavy (non-hydrogen) atoms. The van der Waals surface area contributed by atoms with Crippen LogP contribution in [0.3, 0.4) is 0 Å². The van der Waals surface area contributed by atoms with E-state index in [0.717, 1.165) is 11.1 Å². The zero-order chi connectivity index (χ0) is 20.2. The van der Waals surface area contributed by atoms with Gasteiger partial charge in [0.25, 0.3) is 0 Å². The van der Waals surface area contributed by atoms with Gasteiger partial charge in [-0.1, -0.05) is 72.8 Å². The lowest BCUT2D eigenvalue weighted by Crippen LogP contribution is -2.51. The summed E-state index contributed by atoms with van der Waals surface area (Å²) in [6.45, 7) is 0.541. The highest BCUT2D eigenvalue weighted by Crippen LogP contribution is 2.30. The summed E-state index contributed by atoms with van der Waals surface area (Å²) in [5, 5.41) is 12.7. The molecule has 1 fully saturated rings. The van der Waals surface area contributed by atoms with Crippen LogP contribution >= 0.6 is 0 Å². The van der Waals surface area contributed by atoms with E-state index >= 15 is 0 Å². The minimum absolute atomic E-state index is 0.0470. The number of β-lactam (4-membered cyclic amide) rings is 1. The number of amides is 2. The van der Waals surface area contributed by atoms with E-state index in [1.807, 2.05) is 60.7 Å². The van der Waals surface area contributed by atoms with Crippen molar-refractivity contribution in [2.45, 2.75) is 18.5 Å². The van der Waals surface area contributed by atoms with Gasteiger partial charge in [0.2, 0.25) is 11.8 Å². The number of aromatic hydroxyl groups is 1. The number of hydrogen-bond acceptors (Lipinski definition) is 3. The third-order valence-electron chi connectivity index (χ3n) is 5.21. The van der Waals surface area contributed by atoms with Crippen LogP contribution in [-0.4, -0.2) is 28.4 Å². The Morgan fingerprint density at radius 3 is 1.83 bits per heavy atom. The summed E-state index contributed by atoms with van der Waals surface area (Å²) in [6.07, 6.45) is 0.447. The molecule has 0 aliphatic carbocycles. The molecule has 2 N–H and O–H groups in total. The van der Waals surface area contributed by atoms with Crippen LogP contribution in [0.25, 0.3) is 0 Å². The molecule has 0 spiro atoms. The minimum atomic E-state index is -0.730. The molecule has 5 heteroatoms. The Bertz CT molecular complexity index is 948. The van der Waals surface area contributed by atoms with E-state index in [1.54, 1.807) is 17.0 Å². The summed E-state index contributed by atoms with van der Waals surface area (Å²) < 4.78 is 0. The molecule has 1 atom stereocenters. The smallest absolute Gasteiger partial charge is 0.248 e. The molecule has 146 valence electrons. The first kappa shape index (κ1) is 18.7. The Morgan fingerprint density at radius 1 is 0.828 bits per heavy atom. The first-order valence-corrected chi connectivity index (χ1v) is 9.62. The molecule has 3 aromatic carbocycles. The number of nitrogens with zero attached hydrogens (tertiary/aromatic N) is 1. The van der Waals surface area contributed by atoms with Crippen LogP contribution in [0.5, 0.6) is 5.75 Å². The molecule has 4 rings (SSSR count). The first-order chi connectivity index (χ1) is 14.1. The Balaban J connectivity index is 1.67. The van der Waals surface area contributed by atoms with E-state index in [2.05, 4.69) is 5.32 Å². The lowest BCUT2D eigenvalue weighted by atomic mass is 9.96. The van der Waals surface area contributed by atoms with Crippen molar-refractivity contribution in [1.29, 1.82) is 0 Å². The van der Waals surface area contributed by atoms with Crippen molar-refractivity contribution in [2.75, 3.05) is 6.54 Å². The summed E-state index contributed by atoms with van der Waals surface area (Å²) in [7, 11) is 0. The molecule has 0 radical (unpaired) electrons. The second-order valence-electron chi connectivity index (χ2n) is 7.09. The fourth-order valence-corrected chi connectivity index (χ4v) is 3.61. The van der Waals surface area contributed by atoms with Crippen LogP contribution in [0.2, 0.25) is 0 Å². The van der Waals surface area contributed by atoms with E-state index in [0.29, 0.717) is 18.5 Å². The normalized spacial score (nSPS) is 14.4. The van der Waals surface area contributed by atoms with Gasteiger partial charge in [-0.3, -0.25) is 9.59 Å². The lowest BCUT2D eigenvalue weighted by molar-refractivity contribution is -0.149. The molecular weight excluding hydrogens is 364 g/mol. The standard InChI is InChI=1S/C24H22N2O3/c27-20-13-11-19(12-14-20)23(26-16-15-21(26)28)24(29)25-22(17-7-3-1-4-8-17)18-9-5-2-6-10-18/h1-14,22-23,27H,15-16H2,(H,25,29)/t23-/m1/s1. The van der Waals surface area contributed by atoms with Crippen LogP contribution in [0.1, 0.15) is 35.2 Å². The van der Waals surface area contributed by atoms with Gasteiger partial charge in [0.15, 0.2) is 0 Å². The molecule has 1 aliphatic heterocycles. The number of likely N-dealkylation sites (tertiary alicyclic amines) is 1. The van der Waals surface area contributed by atoms with Crippen LogP contribution in [0, 0.1) is 0 Å². The number of benzene rings is 3. The largest absolute Gasteiger partial charge is 0.508 e. The maximum absolute atomic E-state index is 13.4. The van der Waals surface area contributed by atoms with Crippen LogP contribution in [-0.2, 0) is 9.59 Å². The zero-order valence-electron chi connectivity index (χ0n) is 15.9. The van der Waals surface area contributed by atoms with Crippen LogP contribution in [0.15, 0.2) is 84.9 Å². The number of carbonyl (C=O) groups is 2. The monoisotopic (exact) mass is 386 g/mol. The summed E-state index contributed by atoms with van der Waals surface area (Å²) in [5.41, 5.74) is 2.60. The number of phenolic OH excluding ortho intramolecular Hbond substituents is 1. The van der Waals surface area contributed by atoms with Gasteiger partial charge in [0, 0.05) is 13.0 Å². The number of carbonyl (C=O) groups excluding carboxylic acids is 2. The van der Waals surface area contributed by atoms with Gasteiger partial charge in [0.05, 0.1) is 6.04 Å². The fourth-order valence-electron chi connectivity index (χ4n) is 3.61. The maximum Gasteiger partial charge on any atom is 0.248 e. The molecule has 1 aliphatic rings. The van der Waals surface area contributed by atoms with Crippen molar-refractivity contribution in [3.63, 3.8) is 0 Å². The van der Waals surface area contributed by atoms with Gasteiger partial charge in [-0.15, -0.1) is 0 Å². The summed E-state index contributed by atoms with van der Waals surface area (Å²) in [4.78, 5) is 27.1. The average Bonchev–Trinajstić information content (AvgIpc) is 2.76. The predicted octanol–water partition coefficient (Wildman–Crippen LogP) is 3.57. The number of hydrogen-bond donors (Lipinski definition) is 2. The number of phenols is 1. The topological polar surface area (TPSA) is 69.6 Å².